The Hall–Kier alpha value is -1.67. The molecule has 2 aromatic rings. The lowest BCUT2D eigenvalue weighted by Gasteiger charge is -2.36. The Bertz CT molecular complexity index is 684. The lowest BCUT2D eigenvalue weighted by atomic mass is 10.3. The van der Waals surface area contributed by atoms with Gasteiger partial charge in [-0.05, 0) is 19.1 Å². The quantitative estimate of drug-likeness (QED) is 0.667. The number of nitrogens with zero attached hydrogens (tertiary/aromatic N) is 5. The molecule has 3 heterocycles. The van der Waals surface area contributed by atoms with Crippen LogP contribution in [0, 0.1) is 6.92 Å². The van der Waals surface area contributed by atoms with Gasteiger partial charge < -0.3 is 15.1 Å². The van der Waals surface area contributed by atoms with Gasteiger partial charge in [0.15, 0.2) is 5.96 Å². The number of aryl methyl sites for hydroxylation is 2. The summed E-state index contributed by atoms with van der Waals surface area (Å²) in [6.07, 6.45) is 0.898. The first-order valence-corrected chi connectivity index (χ1v) is 9.87. The Morgan fingerprint density at radius 2 is 2.08 bits per heavy atom. The number of hydrogen-bond donors (Lipinski definition) is 1. The number of rotatable bonds is 4. The van der Waals surface area contributed by atoms with Gasteiger partial charge >= 0.3 is 0 Å². The normalized spacial score (nSPS) is 15.9. The van der Waals surface area contributed by atoms with E-state index in [0.717, 1.165) is 56.1 Å². The fourth-order valence-corrected chi connectivity index (χ4v) is 4.34. The van der Waals surface area contributed by atoms with Crippen LogP contribution in [-0.2, 0) is 13.0 Å². The van der Waals surface area contributed by atoms with Gasteiger partial charge in [-0.25, -0.2) is 4.98 Å². The standard InChI is InChI=1S/C16H24N6S2/c1-4-14-19-16(24-20-14)22-9-7-21(8-10-22)15(17-3)18-11-13-6-5-12(2)23-13/h5-6H,4,7-11H2,1-3H3,(H,17,18). The molecule has 0 bridgehead atoms. The molecular weight excluding hydrogens is 340 g/mol. The lowest BCUT2D eigenvalue weighted by Crippen LogP contribution is -2.52. The van der Waals surface area contributed by atoms with Gasteiger partial charge in [0.2, 0.25) is 5.13 Å². The average molecular weight is 365 g/mol. The number of aromatic nitrogens is 2. The number of anilines is 1. The predicted octanol–water partition coefficient (Wildman–Crippen LogP) is 2.37. The molecule has 1 aliphatic heterocycles. The Labute approximate surface area is 151 Å². The Morgan fingerprint density at radius 1 is 1.29 bits per heavy atom. The molecule has 2 aromatic heterocycles. The van der Waals surface area contributed by atoms with Crippen molar-refractivity contribution in [3.8, 4) is 0 Å². The second-order valence-corrected chi connectivity index (χ2v) is 7.84. The van der Waals surface area contributed by atoms with Crippen LogP contribution in [0.5, 0.6) is 0 Å². The number of aliphatic imine (C=N–C) groups is 1. The molecule has 130 valence electrons. The minimum atomic E-state index is 0.835. The molecule has 1 fully saturated rings. The van der Waals surface area contributed by atoms with Crippen LogP contribution >= 0.6 is 22.9 Å². The van der Waals surface area contributed by atoms with Crippen molar-refractivity contribution in [2.24, 2.45) is 4.99 Å². The summed E-state index contributed by atoms with van der Waals surface area (Å²) in [6.45, 7) is 8.87. The number of nitrogens with one attached hydrogen (secondary N) is 1. The molecule has 0 radical (unpaired) electrons. The zero-order valence-electron chi connectivity index (χ0n) is 14.4. The first-order chi connectivity index (χ1) is 11.7. The summed E-state index contributed by atoms with van der Waals surface area (Å²) in [5.41, 5.74) is 0. The van der Waals surface area contributed by atoms with Crippen molar-refractivity contribution < 1.29 is 0 Å². The van der Waals surface area contributed by atoms with E-state index in [4.69, 9.17) is 0 Å². The third-order valence-electron chi connectivity index (χ3n) is 4.05. The summed E-state index contributed by atoms with van der Waals surface area (Å²) in [7, 11) is 1.85. The van der Waals surface area contributed by atoms with E-state index in [1.54, 1.807) is 0 Å². The van der Waals surface area contributed by atoms with E-state index in [1.165, 1.54) is 21.3 Å². The zero-order valence-corrected chi connectivity index (χ0v) is 16.1. The second kappa shape index (κ2) is 7.94. The van der Waals surface area contributed by atoms with Crippen LogP contribution in [0.15, 0.2) is 17.1 Å². The van der Waals surface area contributed by atoms with Gasteiger partial charge in [-0.1, -0.05) is 6.92 Å². The summed E-state index contributed by atoms with van der Waals surface area (Å²) in [5, 5.41) is 4.52. The van der Waals surface area contributed by atoms with E-state index in [9.17, 15) is 0 Å². The van der Waals surface area contributed by atoms with Gasteiger partial charge in [0.25, 0.3) is 0 Å². The van der Waals surface area contributed by atoms with E-state index in [1.807, 2.05) is 18.4 Å². The van der Waals surface area contributed by atoms with Crippen molar-refractivity contribution in [1.82, 2.24) is 19.6 Å². The molecule has 6 nitrogen and oxygen atoms in total. The largest absolute Gasteiger partial charge is 0.351 e. The molecule has 0 aromatic carbocycles. The maximum Gasteiger partial charge on any atom is 0.205 e. The van der Waals surface area contributed by atoms with Crippen LogP contribution in [0.2, 0.25) is 0 Å². The van der Waals surface area contributed by atoms with Crippen LogP contribution in [0.3, 0.4) is 0 Å². The SMILES string of the molecule is CCc1nsc(N2CCN(C(=NC)NCc3ccc(C)s3)CC2)n1. The summed E-state index contributed by atoms with van der Waals surface area (Å²) >= 11 is 3.34. The molecule has 1 N–H and O–H groups in total. The van der Waals surface area contributed by atoms with Gasteiger partial charge in [-0.15, -0.1) is 11.3 Å². The van der Waals surface area contributed by atoms with Crippen molar-refractivity contribution in [2.45, 2.75) is 26.8 Å². The van der Waals surface area contributed by atoms with Crippen molar-refractivity contribution in [3.63, 3.8) is 0 Å². The molecule has 0 atom stereocenters. The molecule has 0 amide bonds. The zero-order chi connectivity index (χ0) is 16.9. The van der Waals surface area contributed by atoms with Crippen LogP contribution in [0.25, 0.3) is 0 Å². The summed E-state index contributed by atoms with van der Waals surface area (Å²) in [5.74, 6) is 1.92. The van der Waals surface area contributed by atoms with Crippen molar-refractivity contribution >= 4 is 34.0 Å². The van der Waals surface area contributed by atoms with Crippen LogP contribution in [0.1, 0.15) is 22.5 Å². The first kappa shape index (κ1) is 17.2. The number of guanidine groups is 1. The predicted molar refractivity (Wildman–Crippen MR) is 102 cm³/mol. The summed E-state index contributed by atoms with van der Waals surface area (Å²) in [6, 6.07) is 4.34. The molecule has 24 heavy (non-hydrogen) atoms. The van der Waals surface area contributed by atoms with Gasteiger partial charge in [-0.3, -0.25) is 4.99 Å². The maximum atomic E-state index is 4.59. The monoisotopic (exact) mass is 364 g/mol. The number of piperazine rings is 1. The Balaban J connectivity index is 1.52. The summed E-state index contributed by atoms with van der Waals surface area (Å²) < 4.78 is 4.39. The minimum Gasteiger partial charge on any atom is -0.351 e. The Morgan fingerprint density at radius 3 is 2.67 bits per heavy atom. The van der Waals surface area contributed by atoms with Gasteiger partial charge in [0.1, 0.15) is 5.82 Å². The van der Waals surface area contributed by atoms with Gasteiger partial charge in [0.05, 0.1) is 6.54 Å². The molecule has 0 spiro atoms. The van der Waals surface area contributed by atoms with E-state index < -0.39 is 0 Å². The molecule has 0 unspecified atom stereocenters. The molecule has 0 saturated carbocycles. The first-order valence-electron chi connectivity index (χ1n) is 8.28. The Kier molecular flexibility index (Phi) is 5.68. The molecule has 1 saturated heterocycles. The van der Waals surface area contributed by atoms with E-state index >= 15 is 0 Å². The van der Waals surface area contributed by atoms with Gasteiger partial charge in [-0.2, -0.15) is 4.37 Å². The molecule has 1 aliphatic rings. The molecule has 0 aliphatic carbocycles. The maximum absolute atomic E-state index is 4.59. The molecule has 3 rings (SSSR count). The fraction of sp³-hybridized carbons (Fsp3) is 0.562. The highest BCUT2D eigenvalue weighted by atomic mass is 32.1. The second-order valence-electron chi connectivity index (χ2n) is 5.73. The minimum absolute atomic E-state index is 0.835. The van der Waals surface area contributed by atoms with Crippen LogP contribution in [0.4, 0.5) is 5.13 Å². The highest BCUT2D eigenvalue weighted by Crippen LogP contribution is 2.19. The topological polar surface area (TPSA) is 56.7 Å². The van der Waals surface area contributed by atoms with Crippen molar-refractivity contribution in [3.05, 3.63) is 27.7 Å². The highest BCUT2D eigenvalue weighted by Gasteiger charge is 2.22. The lowest BCUT2D eigenvalue weighted by molar-refractivity contribution is 0.372. The van der Waals surface area contributed by atoms with Crippen LogP contribution in [-0.4, -0.2) is 53.4 Å². The number of thiophene rings is 1. The summed E-state index contributed by atoms with van der Waals surface area (Å²) in [4.78, 5) is 16.4. The average Bonchev–Trinajstić information content (AvgIpc) is 3.25. The van der Waals surface area contributed by atoms with Crippen molar-refractivity contribution in [1.29, 1.82) is 0 Å². The highest BCUT2D eigenvalue weighted by molar-refractivity contribution is 7.11. The molecular formula is C16H24N6S2. The van der Waals surface area contributed by atoms with E-state index in [0.29, 0.717) is 0 Å². The smallest absolute Gasteiger partial charge is 0.205 e. The van der Waals surface area contributed by atoms with Gasteiger partial charge in [0, 0.05) is 60.9 Å². The third-order valence-corrected chi connectivity index (χ3v) is 5.87. The van der Waals surface area contributed by atoms with Crippen LogP contribution < -0.4 is 10.2 Å². The fourth-order valence-electron chi connectivity index (χ4n) is 2.70. The van der Waals surface area contributed by atoms with E-state index in [2.05, 4.69) is 55.4 Å². The third kappa shape index (κ3) is 4.05. The number of hydrogen-bond acceptors (Lipinski definition) is 6. The van der Waals surface area contributed by atoms with Crippen molar-refractivity contribution in [2.75, 3.05) is 38.1 Å². The van der Waals surface area contributed by atoms with E-state index in [-0.39, 0.29) is 0 Å². The molecule has 8 heteroatoms.